The van der Waals surface area contributed by atoms with Gasteiger partial charge in [-0.25, -0.2) is 4.79 Å². The van der Waals surface area contributed by atoms with Crippen LogP contribution in [0.25, 0.3) is 0 Å². The van der Waals surface area contributed by atoms with Crippen LogP contribution in [0.2, 0.25) is 5.02 Å². The van der Waals surface area contributed by atoms with Crippen LogP contribution in [0.3, 0.4) is 0 Å². The number of anilines is 1. The minimum Gasteiger partial charge on any atom is -0.481 e. The first-order chi connectivity index (χ1) is 10.0. The Hall–Kier alpha value is -1.75. The summed E-state index contributed by atoms with van der Waals surface area (Å²) < 4.78 is 0. The summed E-state index contributed by atoms with van der Waals surface area (Å²) in [6.07, 6.45) is 2.62. The van der Waals surface area contributed by atoms with Gasteiger partial charge in [0.15, 0.2) is 0 Å². The number of rotatable bonds is 4. The van der Waals surface area contributed by atoms with E-state index >= 15 is 0 Å². The van der Waals surface area contributed by atoms with Gasteiger partial charge in [0.1, 0.15) is 0 Å². The van der Waals surface area contributed by atoms with Crippen molar-refractivity contribution < 1.29 is 14.7 Å². The summed E-state index contributed by atoms with van der Waals surface area (Å²) in [6, 6.07) is 6.91. The van der Waals surface area contributed by atoms with Crippen molar-refractivity contribution in [1.29, 1.82) is 0 Å². The first-order valence-corrected chi connectivity index (χ1v) is 7.45. The lowest BCUT2D eigenvalue weighted by atomic mass is 9.92. The molecule has 21 heavy (non-hydrogen) atoms. The SMILES string of the molecule is O=C(O)CCC1CCN(C(=O)Nc2cccc(Cl)c2)CC1. The number of likely N-dealkylation sites (tertiary alicyclic amines) is 1. The van der Waals surface area contributed by atoms with Crippen LogP contribution in [0.5, 0.6) is 0 Å². The zero-order chi connectivity index (χ0) is 15.2. The van der Waals surface area contributed by atoms with Crippen LogP contribution < -0.4 is 5.32 Å². The molecule has 0 unspecified atom stereocenters. The van der Waals surface area contributed by atoms with E-state index in [2.05, 4.69) is 5.32 Å². The van der Waals surface area contributed by atoms with Crippen LogP contribution in [0.15, 0.2) is 24.3 Å². The van der Waals surface area contributed by atoms with E-state index in [9.17, 15) is 9.59 Å². The van der Waals surface area contributed by atoms with Crippen molar-refractivity contribution in [2.24, 2.45) is 5.92 Å². The fraction of sp³-hybridized carbons (Fsp3) is 0.467. The highest BCUT2D eigenvalue weighted by Crippen LogP contribution is 2.23. The first kappa shape index (κ1) is 15.6. The normalized spacial score (nSPS) is 15.8. The summed E-state index contributed by atoms with van der Waals surface area (Å²) in [5, 5.41) is 12.1. The molecule has 2 N–H and O–H groups in total. The number of aliphatic carboxylic acids is 1. The Morgan fingerprint density at radius 1 is 1.33 bits per heavy atom. The number of urea groups is 1. The first-order valence-electron chi connectivity index (χ1n) is 7.08. The van der Waals surface area contributed by atoms with E-state index in [0.717, 1.165) is 12.8 Å². The topological polar surface area (TPSA) is 69.6 Å². The van der Waals surface area contributed by atoms with Gasteiger partial charge in [-0.05, 0) is 43.4 Å². The predicted molar refractivity (Wildman–Crippen MR) is 81.6 cm³/mol. The molecule has 0 saturated carbocycles. The van der Waals surface area contributed by atoms with E-state index in [1.165, 1.54) is 0 Å². The Bertz CT molecular complexity index is 513. The van der Waals surface area contributed by atoms with E-state index in [-0.39, 0.29) is 12.5 Å². The van der Waals surface area contributed by atoms with Gasteiger partial charge in [-0.1, -0.05) is 17.7 Å². The highest BCUT2D eigenvalue weighted by Gasteiger charge is 2.23. The molecule has 0 aliphatic carbocycles. The quantitative estimate of drug-likeness (QED) is 0.895. The van der Waals surface area contributed by atoms with Gasteiger partial charge >= 0.3 is 12.0 Å². The van der Waals surface area contributed by atoms with Crippen LogP contribution in [0, 0.1) is 5.92 Å². The molecular weight excluding hydrogens is 292 g/mol. The van der Waals surface area contributed by atoms with Crippen LogP contribution >= 0.6 is 11.6 Å². The monoisotopic (exact) mass is 310 g/mol. The van der Waals surface area contributed by atoms with Crippen LogP contribution in [-0.2, 0) is 4.79 Å². The van der Waals surface area contributed by atoms with E-state index in [4.69, 9.17) is 16.7 Å². The maximum Gasteiger partial charge on any atom is 0.321 e. The van der Waals surface area contributed by atoms with Gasteiger partial charge in [-0.15, -0.1) is 0 Å². The molecule has 114 valence electrons. The predicted octanol–water partition coefficient (Wildman–Crippen LogP) is 3.45. The third kappa shape index (κ3) is 4.93. The molecule has 1 fully saturated rings. The number of hydrogen-bond acceptors (Lipinski definition) is 2. The summed E-state index contributed by atoms with van der Waals surface area (Å²) in [5.41, 5.74) is 0.681. The molecular formula is C15H19ClN2O3. The molecule has 0 radical (unpaired) electrons. The van der Waals surface area contributed by atoms with E-state index in [0.29, 0.717) is 36.1 Å². The number of piperidine rings is 1. The second kappa shape index (κ2) is 7.31. The zero-order valence-corrected chi connectivity index (χ0v) is 12.5. The number of nitrogens with zero attached hydrogens (tertiary/aromatic N) is 1. The average Bonchev–Trinajstić information content (AvgIpc) is 2.45. The van der Waals surface area contributed by atoms with Crippen molar-refractivity contribution in [3.63, 3.8) is 0 Å². The molecule has 1 aromatic rings. The van der Waals surface area contributed by atoms with Crippen LogP contribution in [0.1, 0.15) is 25.7 Å². The van der Waals surface area contributed by atoms with Crippen molar-refractivity contribution >= 4 is 29.3 Å². The molecule has 0 bridgehead atoms. The Morgan fingerprint density at radius 3 is 2.67 bits per heavy atom. The minimum absolute atomic E-state index is 0.131. The van der Waals surface area contributed by atoms with E-state index < -0.39 is 5.97 Å². The summed E-state index contributed by atoms with van der Waals surface area (Å²) in [7, 11) is 0. The number of carboxylic acids is 1. The van der Waals surface area contributed by atoms with Crippen molar-refractivity contribution in [3.8, 4) is 0 Å². The van der Waals surface area contributed by atoms with Crippen molar-refractivity contribution in [2.75, 3.05) is 18.4 Å². The van der Waals surface area contributed by atoms with Gasteiger partial charge in [-0.2, -0.15) is 0 Å². The number of carbonyl (C=O) groups excluding carboxylic acids is 1. The standard InChI is InChI=1S/C15H19ClN2O3/c16-12-2-1-3-13(10-12)17-15(21)18-8-6-11(7-9-18)4-5-14(19)20/h1-3,10-11H,4-9H2,(H,17,21)(H,19,20). The molecule has 5 nitrogen and oxygen atoms in total. The second-order valence-corrected chi connectivity index (χ2v) is 5.74. The maximum atomic E-state index is 12.1. The molecule has 6 heteroatoms. The number of nitrogens with one attached hydrogen (secondary N) is 1. The Labute approximate surface area is 128 Å². The second-order valence-electron chi connectivity index (χ2n) is 5.30. The Balaban J connectivity index is 1.79. The molecule has 0 aromatic heterocycles. The molecule has 1 aliphatic rings. The highest BCUT2D eigenvalue weighted by molar-refractivity contribution is 6.30. The van der Waals surface area contributed by atoms with Gasteiger partial charge in [0.2, 0.25) is 0 Å². The third-order valence-electron chi connectivity index (χ3n) is 3.74. The summed E-state index contributed by atoms with van der Waals surface area (Å²) >= 11 is 5.88. The summed E-state index contributed by atoms with van der Waals surface area (Å²) in [6.45, 7) is 1.33. The number of benzene rings is 1. The third-order valence-corrected chi connectivity index (χ3v) is 3.98. The lowest BCUT2D eigenvalue weighted by molar-refractivity contribution is -0.137. The number of hydrogen-bond donors (Lipinski definition) is 2. The van der Waals surface area contributed by atoms with Crippen molar-refractivity contribution in [2.45, 2.75) is 25.7 Å². The number of carbonyl (C=O) groups is 2. The van der Waals surface area contributed by atoms with E-state index in [1.807, 2.05) is 0 Å². The molecule has 2 amide bonds. The Morgan fingerprint density at radius 2 is 2.05 bits per heavy atom. The van der Waals surface area contributed by atoms with Gasteiger partial charge in [0.25, 0.3) is 0 Å². The smallest absolute Gasteiger partial charge is 0.321 e. The van der Waals surface area contributed by atoms with Crippen LogP contribution in [-0.4, -0.2) is 35.1 Å². The lowest BCUT2D eigenvalue weighted by Gasteiger charge is -2.31. The highest BCUT2D eigenvalue weighted by atomic mass is 35.5. The molecule has 0 spiro atoms. The molecule has 1 saturated heterocycles. The Kier molecular flexibility index (Phi) is 5.44. The number of halogens is 1. The van der Waals surface area contributed by atoms with Crippen molar-refractivity contribution in [3.05, 3.63) is 29.3 Å². The van der Waals surface area contributed by atoms with Crippen molar-refractivity contribution in [1.82, 2.24) is 4.90 Å². The largest absolute Gasteiger partial charge is 0.481 e. The number of amides is 2. The molecule has 1 aliphatic heterocycles. The zero-order valence-electron chi connectivity index (χ0n) is 11.7. The average molecular weight is 311 g/mol. The number of carboxylic acid groups (broad SMARTS) is 1. The molecule has 1 heterocycles. The molecule has 1 aromatic carbocycles. The summed E-state index contributed by atoms with van der Waals surface area (Å²) in [4.78, 5) is 24.5. The maximum absolute atomic E-state index is 12.1. The van der Waals surface area contributed by atoms with E-state index in [1.54, 1.807) is 29.2 Å². The molecule has 0 atom stereocenters. The van der Waals surface area contributed by atoms with Gasteiger partial charge in [-0.3, -0.25) is 4.79 Å². The summed E-state index contributed by atoms with van der Waals surface area (Å²) in [5.74, 6) is -0.354. The lowest BCUT2D eigenvalue weighted by Crippen LogP contribution is -2.41. The molecule has 2 rings (SSSR count). The minimum atomic E-state index is -0.754. The van der Waals surface area contributed by atoms with Crippen LogP contribution in [0.4, 0.5) is 10.5 Å². The van der Waals surface area contributed by atoms with Gasteiger partial charge < -0.3 is 15.3 Å². The van der Waals surface area contributed by atoms with Gasteiger partial charge in [0, 0.05) is 30.2 Å². The fourth-order valence-electron chi connectivity index (χ4n) is 2.52. The fourth-order valence-corrected chi connectivity index (χ4v) is 2.71. The van der Waals surface area contributed by atoms with Gasteiger partial charge in [0.05, 0.1) is 0 Å².